The van der Waals surface area contributed by atoms with E-state index in [1.807, 2.05) is 0 Å². The maximum atomic E-state index is 5.75. The van der Waals surface area contributed by atoms with E-state index in [1.165, 1.54) is 6.42 Å². The highest BCUT2D eigenvalue weighted by Gasteiger charge is 2.31. The normalized spacial score (nSPS) is 25.4. The molecule has 1 rings (SSSR count). The molecule has 1 saturated heterocycles. The maximum Gasteiger partial charge on any atom is 0.0593 e. The van der Waals surface area contributed by atoms with E-state index in [-0.39, 0.29) is 0 Å². The smallest absolute Gasteiger partial charge is 0.0593 e. The van der Waals surface area contributed by atoms with Crippen LogP contribution in [0.3, 0.4) is 0 Å². The van der Waals surface area contributed by atoms with Crippen molar-refractivity contribution in [1.82, 2.24) is 10.2 Å². The highest BCUT2D eigenvalue weighted by molar-refractivity contribution is 4.89. The lowest BCUT2D eigenvalue weighted by Gasteiger charge is -2.44. The van der Waals surface area contributed by atoms with E-state index in [0.29, 0.717) is 18.0 Å². The summed E-state index contributed by atoms with van der Waals surface area (Å²) in [5.74, 6) is 1.42. The highest BCUT2D eigenvalue weighted by atomic mass is 16.5. The molecule has 0 aromatic rings. The summed E-state index contributed by atoms with van der Waals surface area (Å²) in [5, 5.41) is 3.73. The maximum absolute atomic E-state index is 5.75. The standard InChI is InChI=1S/C17H36N2O2/c1-6-15(4)17-12-18-16(14(2)3)13-19(17)8-11-21-10-7-9-20-5/h14-18H,6-13H2,1-5H3. The van der Waals surface area contributed by atoms with Crippen molar-refractivity contribution in [3.05, 3.63) is 0 Å². The summed E-state index contributed by atoms with van der Waals surface area (Å²) < 4.78 is 10.8. The van der Waals surface area contributed by atoms with Gasteiger partial charge in [0.25, 0.3) is 0 Å². The van der Waals surface area contributed by atoms with Crippen LogP contribution in [-0.2, 0) is 9.47 Å². The summed E-state index contributed by atoms with van der Waals surface area (Å²) in [4.78, 5) is 2.64. The highest BCUT2D eigenvalue weighted by Crippen LogP contribution is 2.20. The predicted octanol–water partition coefficient (Wildman–Crippen LogP) is 2.38. The largest absolute Gasteiger partial charge is 0.385 e. The molecule has 3 atom stereocenters. The Labute approximate surface area is 131 Å². The van der Waals surface area contributed by atoms with Gasteiger partial charge in [-0.3, -0.25) is 4.90 Å². The third-order valence-corrected chi connectivity index (χ3v) is 4.75. The number of rotatable bonds is 10. The van der Waals surface area contributed by atoms with Crippen molar-refractivity contribution >= 4 is 0 Å². The Bertz CT molecular complexity index is 261. The molecule has 1 N–H and O–H groups in total. The number of nitrogens with zero attached hydrogens (tertiary/aromatic N) is 1. The fourth-order valence-corrected chi connectivity index (χ4v) is 2.98. The van der Waals surface area contributed by atoms with Crippen LogP contribution >= 0.6 is 0 Å². The SMILES string of the molecule is CCC(C)C1CNC(C(C)C)CN1CCOCCCOC. The van der Waals surface area contributed by atoms with E-state index < -0.39 is 0 Å². The van der Waals surface area contributed by atoms with Gasteiger partial charge < -0.3 is 14.8 Å². The van der Waals surface area contributed by atoms with Crippen molar-refractivity contribution in [3.8, 4) is 0 Å². The third-order valence-electron chi connectivity index (χ3n) is 4.75. The number of hydrogen-bond acceptors (Lipinski definition) is 4. The molecule has 1 heterocycles. The van der Waals surface area contributed by atoms with Crippen LogP contribution < -0.4 is 5.32 Å². The van der Waals surface area contributed by atoms with Crippen LogP contribution in [0.25, 0.3) is 0 Å². The Kier molecular flexibility index (Phi) is 9.49. The zero-order chi connectivity index (χ0) is 15.7. The molecule has 0 aliphatic carbocycles. The van der Waals surface area contributed by atoms with Crippen LogP contribution in [0.15, 0.2) is 0 Å². The average Bonchev–Trinajstić information content (AvgIpc) is 2.49. The molecule has 4 nitrogen and oxygen atoms in total. The van der Waals surface area contributed by atoms with Gasteiger partial charge in [-0.1, -0.05) is 34.1 Å². The van der Waals surface area contributed by atoms with Gasteiger partial charge in [-0.05, 0) is 18.3 Å². The minimum Gasteiger partial charge on any atom is -0.385 e. The van der Waals surface area contributed by atoms with Gasteiger partial charge in [0.1, 0.15) is 0 Å². The second kappa shape index (κ2) is 10.5. The molecule has 1 aliphatic rings. The molecule has 0 aromatic carbocycles. The topological polar surface area (TPSA) is 33.7 Å². The van der Waals surface area contributed by atoms with Crippen molar-refractivity contribution in [3.63, 3.8) is 0 Å². The molecule has 3 unspecified atom stereocenters. The van der Waals surface area contributed by atoms with Crippen LogP contribution in [0.1, 0.15) is 40.5 Å². The number of hydrogen-bond donors (Lipinski definition) is 1. The fourth-order valence-electron chi connectivity index (χ4n) is 2.98. The molecule has 4 heteroatoms. The molecule has 0 spiro atoms. The van der Waals surface area contributed by atoms with E-state index in [1.54, 1.807) is 7.11 Å². The molecule has 21 heavy (non-hydrogen) atoms. The van der Waals surface area contributed by atoms with Gasteiger partial charge in [0.15, 0.2) is 0 Å². The van der Waals surface area contributed by atoms with E-state index >= 15 is 0 Å². The second-order valence-corrected chi connectivity index (χ2v) is 6.67. The third kappa shape index (κ3) is 6.64. The van der Waals surface area contributed by atoms with Crippen LogP contribution in [0.5, 0.6) is 0 Å². The number of nitrogens with one attached hydrogen (secondary N) is 1. The van der Waals surface area contributed by atoms with Crippen molar-refractivity contribution in [2.75, 3.05) is 46.6 Å². The zero-order valence-corrected chi connectivity index (χ0v) is 14.7. The minimum atomic E-state index is 0.610. The Balaban J connectivity index is 2.39. The van der Waals surface area contributed by atoms with Crippen LogP contribution in [0.2, 0.25) is 0 Å². The summed E-state index contributed by atoms with van der Waals surface area (Å²) >= 11 is 0. The first kappa shape index (κ1) is 18.9. The van der Waals surface area contributed by atoms with Gasteiger partial charge in [-0.15, -0.1) is 0 Å². The van der Waals surface area contributed by atoms with Gasteiger partial charge >= 0.3 is 0 Å². The lowest BCUT2D eigenvalue weighted by molar-refractivity contribution is 0.0352. The summed E-state index contributed by atoms with van der Waals surface area (Å²) in [6.45, 7) is 15.0. The zero-order valence-electron chi connectivity index (χ0n) is 14.7. The van der Waals surface area contributed by atoms with Crippen molar-refractivity contribution < 1.29 is 9.47 Å². The summed E-state index contributed by atoms with van der Waals surface area (Å²) in [5.41, 5.74) is 0. The van der Waals surface area contributed by atoms with Crippen molar-refractivity contribution in [2.45, 2.75) is 52.6 Å². The number of methoxy groups -OCH3 is 1. The Morgan fingerprint density at radius 3 is 2.57 bits per heavy atom. The number of ether oxygens (including phenoxy) is 2. The van der Waals surface area contributed by atoms with Crippen LogP contribution in [0.4, 0.5) is 0 Å². The van der Waals surface area contributed by atoms with Gasteiger partial charge in [-0.25, -0.2) is 0 Å². The van der Waals surface area contributed by atoms with Crippen LogP contribution in [-0.4, -0.2) is 63.5 Å². The number of piperazine rings is 1. The molecule has 0 aromatic heterocycles. The average molecular weight is 300 g/mol. The lowest BCUT2D eigenvalue weighted by atomic mass is 9.92. The van der Waals surface area contributed by atoms with Gasteiger partial charge in [0.2, 0.25) is 0 Å². The lowest BCUT2D eigenvalue weighted by Crippen LogP contribution is -2.60. The first-order valence-corrected chi connectivity index (χ1v) is 8.64. The molecule has 0 radical (unpaired) electrons. The van der Waals surface area contributed by atoms with Gasteiger partial charge in [-0.2, -0.15) is 0 Å². The Morgan fingerprint density at radius 1 is 1.19 bits per heavy atom. The summed E-state index contributed by atoms with van der Waals surface area (Å²) in [6, 6.07) is 1.26. The van der Waals surface area contributed by atoms with Crippen LogP contribution in [0, 0.1) is 11.8 Å². The quantitative estimate of drug-likeness (QED) is 0.628. The second-order valence-electron chi connectivity index (χ2n) is 6.67. The van der Waals surface area contributed by atoms with Gasteiger partial charge in [0, 0.05) is 52.0 Å². The molecule has 0 saturated carbocycles. The molecule has 1 aliphatic heterocycles. The summed E-state index contributed by atoms with van der Waals surface area (Å²) in [7, 11) is 1.74. The molecular weight excluding hydrogens is 264 g/mol. The first-order chi connectivity index (χ1) is 10.1. The van der Waals surface area contributed by atoms with E-state index in [0.717, 1.165) is 51.8 Å². The minimum absolute atomic E-state index is 0.610. The Morgan fingerprint density at radius 2 is 1.95 bits per heavy atom. The summed E-state index contributed by atoms with van der Waals surface area (Å²) in [6.07, 6.45) is 2.23. The van der Waals surface area contributed by atoms with E-state index in [9.17, 15) is 0 Å². The monoisotopic (exact) mass is 300 g/mol. The first-order valence-electron chi connectivity index (χ1n) is 8.64. The van der Waals surface area contributed by atoms with Crippen molar-refractivity contribution in [2.24, 2.45) is 11.8 Å². The van der Waals surface area contributed by atoms with E-state index in [2.05, 4.69) is 37.9 Å². The Hall–Kier alpha value is -0.160. The fraction of sp³-hybridized carbons (Fsp3) is 1.00. The molecule has 1 fully saturated rings. The van der Waals surface area contributed by atoms with E-state index in [4.69, 9.17) is 9.47 Å². The molecular formula is C17H36N2O2. The molecule has 0 amide bonds. The van der Waals surface area contributed by atoms with Crippen molar-refractivity contribution in [1.29, 1.82) is 0 Å². The predicted molar refractivity (Wildman–Crippen MR) is 88.8 cm³/mol. The molecule has 126 valence electrons. The van der Waals surface area contributed by atoms with Gasteiger partial charge in [0.05, 0.1) is 6.61 Å². The molecule has 0 bridgehead atoms.